The molecule has 8 nitrogen and oxygen atoms in total. The maximum atomic E-state index is 13.8. The second-order valence-electron chi connectivity index (χ2n) is 19.4. The van der Waals surface area contributed by atoms with Crippen molar-refractivity contribution in [2.75, 3.05) is 6.61 Å². The fraction of sp³-hybridized carbons (Fsp3) is 0.674. The van der Waals surface area contributed by atoms with Gasteiger partial charge in [-0.25, -0.2) is 4.79 Å². The molecule has 10 heteroatoms. The zero-order valence-electron chi connectivity index (χ0n) is 37.4. The molecular weight excluding hydrogens is 737 g/mol. The van der Waals surface area contributed by atoms with Crippen molar-refractivity contribution in [1.29, 1.82) is 0 Å². The van der Waals surface area contributed by atoms with Crippen LogP contribution in [0.2, 0.25) is 36.3 Å². The first-order chi connectivity index (χ1) is 26.0. The van der Waals surface area contributed by atoms with Crippen LogP contribution in [0.3, 0.4) is 0 Å². The van der Waals surface area contributed by atoms with E-state index in [0.29, 0.717) is 32.0 Å². The fourth-order valence-corrected chi connectivity index (χ4v) is 9.48. The van der Waals surface area contributed by atoms with Gasteiger partial charge < -0.3 is 32.6 Å². The van der Waals surface area contributed by atoms with Gasteiger partial charge in [0, 0.05) is 23.3 Å². The number of fused-ring (bicyclic) bond motifs is 1. The minimum absolute atomic E-state index is 0.0172. The van der Waals surface area contributed by atoms with E-state index in [0.717, 1.165) is 51.8 Å². The summed E-state index contributed by atoms with van der Waals surface area (Å²) in [5.74, 6) is 0.488. The highest BCUT2D eigenvalue weighted by molar-refractivity contribution is 6.74. The van der Waals surface area contributed by atoms with Gasteiger partial charge in [-0.3, -0.25) is 0 Å². The van der Waals surface area contributed by atoms with Gasteiger partial charge in [0.05, 0.1) is 37.2 Å². The monoisotopic (exact) mass is 810 g/mol. The molecule has 5 atom stereocenters. The summed E-state index contributed by atoms with van der Waals surface area (Å²) < 4.78 is 39.3. The third kappa shape index (κ3) is 10.2. The van der Waals surface area contributed by atoms with Gasteiger partial charge in [0.2, 0.25) is 5.60 Å². The molecule has 0 unspecified atom stereocenters. The Bertz CT molecular complexity index is 1740. The van der Waals surface area contributed by atoms with Crippen LogP contribution < -0.4 is 4.74 Å². The number of hydrogen-bond acceptors (Lipinski definition) is 8. The number of hydrogen-bond donors (Lipinski definition) is 1. The molecule has 314 valence electrons. The van der Waals surface area contributed by atoms with E-state index in [1.807, 2.05) is 38.3 Å². The Morgan fingerprint density at radius 1 is 0.946 bits per heavy atom. The van der Waals surface area contributed by atoms with Gasteiger partial charge in [0.1, 0.15) is 24.0 Å². The van der Waals surface area contributed by atoms with Gasteiger partial charge in [0.25, 0.3) is 0 Å². The van der Waals surface area contributed by atoms with E-state index in [2.05, 4.69) is 107 Å². The number of aliphatic hydroxyl groups is 1. The molecule has 1 fully saturated rings. The van der Waals surface area contributed by atoms with Gasteiger partial charge in [0.15, 0.2) is 16.6 Å². The summed E-state index contributed by atoms with van der Waals surface area (Å²) in [6, 6.07) is 12.5. The Labute approximate surface area is 340 Å². The SMILES string of the molecule is CCC[C@@H](c1coc2c(CO[Si](C)(C)C(C)(C)C)c(OCc3ccccc3)c(CC(C)C)cc12)[C@@H](O)C[C@@H](O[Si](C)(C)C(C)(C)C)[C@]1(C(=O)OCC)O[C@H]1CC. The van der Waals surface area contributed by atoms with Crippen molar-refractivity contribution in [2.45, 2.75) is 188 Å². The standard InChI is InChI=1S/C46H74O8Si2/c1-16-22-34(38(47)27-40(54-56(14,15)45(9,10)11)46(39(17-2)53-46)43(48)49-18-3)36-29-51-42-35(36)26-33(25-31(4)5)41(50-28-32-23-20-19-21-24-32)37(42)30-52-55(12,13)44(6,7)8/h19-21,23-24,26,29,31,34,38-40,47H,16-18,22,25,27-28,30H2,1-15H3/t34-,38-,39-,40+,46+/m0/s1. The normalized spacial score (nSPS) is 19.6. The maximum Gasteiger partial charge on any atom is 0.343 e. The molecule has 0 saturated carbocycles. The average molecular weight is 811 g/mol. The largest absolute Gasteiger partial charge is 0.488 e. The Morgan fingerprint density at radius 3 is 2.12 bits per heavy atom. The molecule has 1 saturated heterocycles. The Kier molecular flexibility index (Phi) is 15.0. The third-order valence-electron chi connectivity index (χ3n) is 12.6. The van der Waals surface area contributed by atoms with Crippen LogP contribution in [0.4, 0.5) is 0 Å². The van der Waals surface area contributed by atoms with Crippen LogP contribution in [0.25, 0.3) is 11.0 Å². The van der Waals surface area contributed by atoms with E-state index >= 15 is 0 Å². The zero-order valence-corrected chi connectivity index (χ0v) is 39.4. The number of epoxide rings is 1. The van der Waals surface area contributed by atoms with E-state index in [4.69, 9.17) is 27.5 Å². The molecule has 1 aromatic heterocycles. The average Bonchev–Trinajstić information content (AvgIpc) is 3.72. The summed E-state index contributed by atoms with van der Waals surface area (Å²) in [5, 5.41) is 13.4. The summed E-state index contributed by atoms with van der Waals surface area (Å²) in [4.78, 5) is 13.8. The molecule has 0 bridgehead atoms. The van der Waals surface area contributed by atoms with Crippen LogP contribution in [-0.2, 0) is 42.8 Å². The molecule has 56 heavy (non-hydrogen) atoms. The molecule has 3 aromatic rings. The first-order valence-corrected chi connectivity index (χ1v) is 26.9. The number of rotatable bonds is 20. The van der Waals surface area contributed by atoms with Crippen molar-refractivity contribution >= 4 is 33.6 Å². The van der Waals surface area contributed by atoms with Gasteiger partial charge in [-0.1, -0.05) is 106 Å². The highest BCUT2D eigenvalue weighted by atomic mass is 28.4. The number of carbonyl (C=O) groups excluding carboxylic acids is 1. The molecule has 2 heterocycles. The molecule has 1 aliphatic rings. The van der Waals surface area contributed by atoms with Crippen molar-refractivity contribution < 1.29 is 37.4 Å². The van der Waals surface area contributed by atoms with E-state index in [-0.39, 0.29) is 35.1 Å². The third-order valence-corrected chi connectivity index (χ3v) is 21.6. The molecule has 1 aliphatic heterocycles. The number of esters is 1. The molecule has 0 radical (unpaired) electrons. The quantitative estimate of drug-likeness (QED) is 0.0684. The van der Waals surface area contributed by atoms with Crippen LogP contribution in [0.5, 0.6) is 5.75 Å². The lowest BCUT2D eigenvalue weighted by molar-refractivity contribution is -0.154. The highest BCUT2D eigenvalue weighted by Crippen LogP contribution is 2.50. The van der Waals surface area contributed by atoms with Gasteiger partial charge in [-0.15, -0.1) is 0 Å². The molecular formula is C46H74O8Si2. The van der Waals surface area contributed by atoms with Crippen LogP contribution in [0.15, 0.2) is 47.1 Å². The van der Waals surface area contributed by atoms with Gasteiger partial charge in [-0.05, 0) is 85.6 Å². The van der Waals surface area contributed by atoms with Crippen molar-refractivity contribution in [2.24, 2.45) is 5.92 Å². The number of benzene rings is 2. The van der Waals surface area contributed by atoms with E-state index < -0.39 is 40.4 Å². The second kappa shape index (κ2) is 18.2. The van der Waals surface area contributed by atoms with E-state index in [1.54, 1.807) is 0 Å². The summed E-state index contributed by atoms with van der Waals surface area (Å²) >= 11 is 0. The summed E-state index contributed by atoms with van der Waals surface area (Å²) in [5.41, 5.74) is 3.53. The van der Waals surface area contributed by atoms with Gasteiger partial charge in [-0.2, -0.15) is 0 Å². The predicted octanol–water partition coefficient (Wildman–Crippen LogP) is 11.9. The number of carbonyl (C=O) groups is 1. The molecule has 0 amide bonds. The molecule has 4 rings (SSSR count). The maximum absolute atomic E-state index is 13.8. The zero-order chi connectivity index (χ0) is 41.9. The number of aliphatic hydroxyl groups excluding tert-OH is 1. The molecule has 1 N–H and O–H groups in total. The van der Waals surface area contributed by atoms with Gasteiger partial charge >= 0.3 is 5.97 Å². The Hall–Kier alpha value is -2.48. The topological polar surface area (TPSA) is 99.9 Å². The fourth-order valence-electron chi connectivity index (χ4n) is 7.21. The Balaban J connectivity index is 1.86. The summed E-state index contributed by atoms with van der Waals surface area (Å²) in [7, 11) is -4.59. The van der Waals surface area contributed by atoms with Crippen molar-refractivity contribution in [3.05, 3.63) is 64.9 Å². The van der Waals surface area contributed by atoms with Crippen LogP contribution in [0.1, 0.15) is 130 Å². The highest BCUT2D eigenvalue weighted by Gasteiger charge is 2.69. The Morgan fingerprint density at radius 2 is 1.59 bits per heavy atom. The van der Waals surface area contributed by atoms with E-state index in [9.17, 15) is 9.90 Å². The van der Waals surface area contributed by atoms with Crippen LogP contribution in [-0.4, -0.2) is 58.2 Å². The van der Waals surface area contributed by atoms with Crippen molar-refractivity contribution in [1.82, 2.24) is 0 Å². The summed E-state index contributed by atoms with van der Waals surface area (Å²) in [6.07, 6.45) is 3.19. The van der Waals surface area contributed by atoms with Crippen LogP contribution in [0, 0.1) is 5.92 Å². The predicted molar refractivity (Wildman–Crippen MR) is 232 cm³/mol. The van der Waals surface area contributed by atoms with Crippen LogP contribution >= 0.6 is 0 Å². The van der Waals surface area contributed by atoms with E-state index in [1.165, 1.54) is 0 Å². The smallest absolute Gasteiger partial charge is 0.343 e. The summed E-state index contributed by atoms with van der Waals surface area (Å²) in [6.45, 7) is 33.7. The first kappa shape index (κ1) is 46.2. The lowest BCUT2D eigenvalue weighted by Crippen LogP contribution is -2.53. The molecule has 0 spiro atoms. The lowest BCUT2D eigenvalue weighted by atomic mass is 9.83. The van der Waals surface area contributed by atoms with Crippen molar-refractivity contribution in [3.63, 3.8) is 0 Å². The first-order valence-electron chi connectivity index (χ1n) is 21.1. The molecule has 0 aliphatic carbocycles. The minimum Gasteiger partial charge on any atom is -0.488 e. The minimum atomic E-state index is -2.43. The number of furan rings is 1. The number of ether oxygens (including phenoxy) is 3. The molecule has 2 aromatic carbocycles. The second-order valence-corrected chi connectivity index (χ2v) is 29.0. The van der Waals surface area contributed by atoms with Crippen molar-refractivity contribution in [3.8, 4) is 5.75 Å². The lowest BCUT2D eigenvalue weighted by Gasteiger charge is -2.41.